The molecule has 2 aromatic rings. The van der Waals surface area contributed by atoms with Crippen LogP contribution in [0.3, 0.4) is 0 Å². The van der Waals surface area contributed by atoms with Crippen LogP contribution >= 0.6 is 0 Å². The number of hydrogen-bond donors (Lipinski definition) is 1. The largest absolute Gasteiger partial charge is 0.478 e. The van der Waals surface area contributed by atoms with E-state index >= 15 is 0 Å². The Hall–Kier alpha value is -2.24. The Balaban J connectivity index is 2.14. The minimum atomic E-state index is -0.974. The van der Waals surface area contributed by atoms with Crippen LogP contribution in [-0.4, -0.2) is 31.3 Å². The second-order valence-electron chi connectivity index (χ2n) is 4.05. The number of carbonyl (C=O) groups is 1. The van der Waals surface area contributed by atoms with E-state index in [9.17, 15) is 4.79 Å². The summed E-state index contributed by atoms with van der Waals surface area (Å²) in [6.45, 7) is 0. The van der Waals surface area contributed by atoms with Gasteiger partial charge in [-0.05, 0) is 35.4 Å². The summed E-state index contributed by atoms with van der Waals surface area (Å²) in [7, 11) is 0. The lowest BCUT2D eigenvalue weighted by molar-refractivity contribution is 0.0696. The van der Waals surface area contributed by atoms with Gasteiger partial charge in [-0.25, -0.2) is 4.79 Å². The quantitative estimate of drug-likeness (QED) is 0.857. The average molecular weight is 230 g/mol. The van der Waals surface area contributed by atoms with Crippen LogP contribution in [0.2, 0.25) is 0 Å². The molecule has 0 saturated heterocycles. The van der Waals surface area contributed by atoms with Crippen molar-refractivity contribution >= 4 is 5.97 Å². The normalized spacial score (nSPS) is 14.8. The van der Waals surface area contributed by atoms with E-state index in [1.807, 2.05) is 0 Å². The molecule has 1 aromatic carbocycles. The van der Waals surface area contributed by atoms with E-state index in [1.165, 1.54) is 4.68 Å². The van der Waals surface area contributed by atoms with Crippen LogP contribution in [0.1, 0.15) is 34.9 Å². The molecule has 0 amide bonds. The van der Waals surface area contributed by atoms with Gasteiger partial charge in [-0.1, -0.05) is 12.1 Å². The molecule has 17 heavy (non-hydrogen) atoms. The third kappa shape index (κ3) is 1.67. The first kappa shape index (κ1) is 9.95. The topological polar surface area (TPSA) is 80.9 Å². The zero-order chi connectivity index (χ0) is 11.8. The van der Waals surface area contributed by atoms with Gasteiger partial charge in [-0.2, -0.15) is 4.68 Å². The van der Waals surface area contributed by atoms with Gasteiger partial charge in [-0.15, -0.1) is 5.10 Å². The molecule has 6 nitrogen and oxygen atoms in total. The van der Waals surface area contributed by atoms with Crippen molar-refractivity contribution in [3.8, 4) is 5.69 Å². The molecule has 1 saturated carbocycles. The van der Waals surface area contributed by atoms with Gasteiger partial charge in [0.2, 0.25) is 0 Å². The van der Waals surface area contributed by atoms with Gasteiger partial charge in [0.05, 0.1) is 11.3 Å². The van der Waals surface area contributed by atoms with Crippen LogP contribution in [0, 0.1) is 0 Å². The van der Waals surface area contributed by atoms with Gasteiger partial charge in [-0.3, -0.25) is 0 Å². The van der Waals surface area contributed by atoms with Crippen molar-refractivity contribution in [1.29, 1.82) is 0 Å². The van der Waals surface area contributed by atoms with Crippen LogP contribution in [0.4, 0.5) is 0 Å². The van der Waals surface area contributed by atoms with E-state index in [2.05, 4.69) is 15.5 Å². The molecule has 0 bridgehead atoms. The lowest BCUT2D eigenvalue weighted by Crippen LogP contribution is -2.09. The monoisotopic (exact) mass is 230 g/mol. The fraction of sp³-hybridized carbons (Fsp3) is 0.273. The molecule has 86 valence electrons. The summed E-state index contributed by atoms with van der Waals surface area (Å²) < 4.78 is 1.53. The van der Waals surface area contributed by atoms with Crippen LogP contribution in [-0.2, 0) is 0 Å². The first-order valence-electron chi connectivity index (χ1n) is 5.38. The Morgan fingerprint density at radius 1 is 1.35 bits per heavy atom. The highest BCUT2D eigenvalue weighted by molar-refractivity contribution is 5.91. The lowest BCUT2D eigenvalue weighted by Gasteiger charge is -2.06. The van der Waals surface area contributed by atoms with Gasteiger partial charge in [0.25, 0.3) is 0 Å². The van der Waals surface area contributed by atoms with Crippen LogP contribution < -0.4 is 0 Å². The maximum atomic E-state index is 11.1. The Kier molecular flexibility index (Phi) is 2.14. The lowest BCUT2D eigenvalue weighted by atomic mass is 10.2. The number of aromatic nitrogens is 4. The predicted molar refractivity (Wildman–Crippen MR) is 58.1 cm³/mol. The molecule has 6 heteroatoms. The maximum Gasteiger partial charge on any atom is 0.337 e. The Morgan fingerprint density at radius 2 is 2.12 bits per heavy atom. The maximum absolute atomic E-state index is 11.1. The number of benzene rings is 1. The molecule has 1 heterocycles. The number of para-hydroxylation sites is 1. The highest BCUT2D eigenvalue weighted by atomic mass is 16.4. The van der Waals surface area contributed by atoms with Crippen molar-refractivity contribution < 1.29 is 9.90 Å². The zero-order valence-corrected chi connectivity index (χ0v) is 8.95. The summed E-state index contributed by atoms with van der Waals surface area (Å²) in [5.41, 5.74) is 0.730. The molecule has 0 unspecified atom stereocenters. The molecule has 1 aromatic heterocycles. The second-order valence-corrected chi connectivity index (χ2v) is 4.05. The van der Waals surface area contributed by atoms with Crippen molar-refractivity contribution in [3.05, 3.63) is 35.7 Å². The van der Waals surface area contributed by atoms with Crippen LogP contribution in [0.25, 0.3) is 5.69 Å². The van der Waals surface area contributed by atoms with Gasteiger partial charge in [0, 0.05) is 5.92 Å². The highest BCUT2D eigenvalue weighted by Gasteiger charge is 2.30. The molecule has 0 radical (unpaired) electrons. The first-order chi connectivity index (χ1) is 8.27. The average Bonchev–Trinajstić information content (AvgIpc) is 3.07. The number of tetrazole rings is 1. The van der Waals surface area contributed by atoms with Gasteiger partial charge >= 0.3 is 5.97 Å². The van der Waals surface area contributed by atoms with Crippen molar-refractivity contribution in [2.45, 2.75) is 18.8 Å². The van der Waals surface area contributed by atoms with Crippen molar-refractivity contribution in [3.63, 3.8) is 0 Å². The van der Waals surface area contributed by atoms with Crippen molar-refractivity contribution in [2.75, 3.05) is 0 Å². The highest BCUT2D eigenvalue weighted by Crippen LogP contribution is 2.39. The number of rotatable bonds is 3. The third-order valence-electron chi connectivity index (χ3n) is 2.80. The molecular formula is C11H10N4O2. The Labute approximate surface area is 96.9 Å². The molecule has 1 N–H and O–H groups in total. The van der Waals surface area contributed by atoms with Crippen molar-refractivity contribution in [2.24, 2.45) is 0 Å². The molecule has 1 aliphatic rings. The summed E-state index contributed by atoms with van der Waals surface area (Å²) in [5, 5.41) is 20.6. The van der Waals surface area contributed by atoms with E-state index in [1.54, 1.807) is 24.3 Å². The van der Waals surface area contributed by atoms with E-state index in [0.29, 0.717) is 11.6 Å². The molecular weight excluding hydrogens is 220 g/mol. The van der Waals surface area contributed by atoms with E-state index in [4.69, 9.17) is 5.11 Å². The number of carboxylic acid groups (broad SMARTS) is 1. The second kappa shape index (κ2) is 3.65. The van der Waals surface area contributed by atoms with Gasteiger partial charge in [0.1, 0.15) is 0 Å². The number of aromatic carboxylic acids is 1. The molecule has 0 atom stereocenters. The van der Waals surface area contributed by atoms with Crippen LogP contribution in [0.5, 0.6) is 0 Å². The number of hydrogen-bond acceptors (Lipinski definition) is 4. The first-order valence-corrected chi connectivity index (χ1v) is 5.38. The van der Waals surface area contributed by atoms with Crippen LogP contribution in [0.15, 0.2) is 24.3 Å². The fourth-order valence-electron chi connectivity index (χ4n) is 1.80. The van der Waals surface area contributed by atoms with Gasteiger partial charge < -0.3 is 5.11 Å². The fourth-order valence-corrected chi connectivity index (χ4v) is 1.80. The minimum absolute atomic E-state index is 0.210. The van der Waals surface area contributed by atoms with E-state index in [0.717, 1.165) is 18.7 Å². The molecule has 1 fully saturated rings. The number of nitrogens with zero attached hydrogens (tertiary/aromatic N) is 4. The van der Waals surface area contributed by atoms with Gasteiger partial charge in [0.15, 0.2) is 5.82 Å². The molecule has 3 rings (SSSR count). The molecule has 1 aliphatic carbocycles. The Morgan fingerprint density at radius 3 is 2.82 bits per heavy atom. The molecule has 0 spiro atoms. The SMILES string of the molecule is O=C(O)c1ccccc1-n1nnnc1C1CC1. The van der Waals surface area contributed by atoms with E-state index in [-0.39, 0.29) is 5.56 Å². The summed E-state index contributed by atoms with van der Waals surface area (Å²) >= 11 is 0. The predicted octanol–water partition coefficient (Wildman–Crippen LogP) is 1.24. The van der Waals surface area contributed by atoms with E-state index < -0.39 is 5.97 Å². The van der Waals surface area contributed by atoms with Crippen molar-refractivity contribution in [1.82, 2.24) is 20.2 Å². The summed E-state index contributed by atoms with van der Waals surface area (Å²) in [6, 6.07) is 6.73. The third-order valence-corrected chi connectivity index (χ3v) is 2.80. The zero-order valence-electron chi connectivity index (χ0n) is 8.95. The summed E-state index contributed by atoms with van der Waals surface area (Å²) in [6.07, 6.45) is 2.13. The Bertz CT molecular complexity index is 574. The minimum Gasteiger partial charge on any atom is -0.478 e. The number of carboxylic acids is 1. The molecule has 0 aliphatic heterocycles. The standard InChI is InChI=1S/C11H10N4O2/c16-11(17)8-3-1-2-4-9(8)15-10(7-5-6-7)12-13-14-15/h1-4,7H,5-6H2,(H,16,17). The summed E-state index contributed by atoms with van der Waals surface area (Å²) in [4.78, 5) is 11.1. The smallest absolute Gasteiger partial charge is 0.337 e. The summed E-state index contributed by atoms with van der Waals surface area (Å²) in [5.74, 6) is 0.142.